The van der Waals surface area contributed by atoms with Crippen molar-refractivity contribution < 1.29 is 23.6 Å². The van der Waals surface area contributed by atoms with Crippen LogP contribution in [0.5, 0.6) is 0 Å². The lowest BCUT2D eigenvalue weighted by Crippen LogP contribution is -2.51. The minimum absolute atomic E-state index is 0.0568. The summed E-state index contributed by atoms with van der Waals surface area (Å²) in [5.74, 6) is -3.74. The Morgan fingerprint density at radius 3 is 2.58 bits per heavy atom. The third kappa shape index (κ3) is 7.02. The first-order valence-corrected chi connectivity index (χ1v) is 10.2. The zero-order valence-electron chi connectivity index (χ0n) is 17.3. The fourth-order valence-corrected chi connectivity index (χ4v) is 3.15. The van der Waals surface area contributed by atoms with Crippen molar-refractivity contribution in [3.8, 4) is 0 Å². The van der Waals surface area contributed by atoms with Crippen LogP contribution in [0.4, 0.5) is 4.39 Å². The van der Waals surface area contributed by atoms with Gasteiger partial charge in [0.2, 0.25) is 11.8 Å². The number of nitrogens with zero attached hydrogens (tertiary/aromatic N) is 3. The summed E-state index contributed by atoms with van der Waals surface area (Å²) in [4.78, 5) is 52.9. The third-order valence-electron chi connectivity index (χ3n) is 4.49. The van der Waals surface area contributed by atoms with E-state index in [2.05, 4.69) is 10.4 Å². The molecule has 2 aromatic rings. The maximum Gasteiger partial charge on any atom is 0.291 e. The lowest BCUT2D eigenvalue weighted by Gasteiger charge is -2.26. The van der Waals surface area contributed by atoms with Crippen LogP contribution in [-0.2, 0) is 14.4 Å². The largest absolute Gasteiger partial charge is 0.370 e. The Hall–Kier alpha value is -3.01. The van der Waals surface area contributed by atoms with E-state index in [4.69, 9.17) is 17.3 Å². The summed E-state index contributed by atoms with van der Waals surface area (Å²) in [7, 11) is 0. The van der Waals surface area contributed by atoms with Crippen molar-refractivity contribution in [1.29, 1.82) is 0 Å². The zero-order valence-corrected chi connectivity index (χ0v) is 18.0. The van der Waals surface area contributed by atoms with Gasteiger partial charge in [0.15, 0.2) is 5.78 Å². The topological polar surface area (TPSA) is 127 Å². The number of ketones is 1. The number of primary amides is 1. The Morgan fingerprint density at radius 1 is 1.29 bits per heavy atom. The maximum atomic E-state index is 13.3. The molecule has 0 fully saturated rings. The van der Waals surface area contributed by atoms with Crippen molar-refractivity contribution in [3.63, 3.8) is 0 Å². The van der Waals surface area contributed by atoms with Gasteiger partial charge in [-0.2, -0.15) is 0 Å². The molecule has 2 aromatic heterocycles. The quantitative estimate of drug-likeness (QED) is 0.322. The molecule has 0 unspecified atom stereocenters. The molecule has 11 heteroatoms. The highest BCUT2D eigenvalue weighted by molar-refractivity contribution is 6.29. The number of amides is 3. The van der Waals surface area contributed by atoms with Crippen LogP contribution >= 0.6 is 11.6 Å². The zero-order chi connectivity index (χ0) is 23.1. The van der Waals surface area contributed by atoms with E-state index in [0.29, 0.717) is 17.1 Å². The molecule has 0 aliphatic heterocycles. The van der Waals surface area contributed by atoms with Crippen LogP contribution in [0.2, 0.25) is 0 Å². The third-order valence-corrected chi connectivity index (χ3v) is 4.67. The van der Waals surface area contributed by atoms with Gasteiger partial charge in [-0.3, -0.25) is 24.6 Å². The highest BCUT2D eigenvalue weighted by atomic mass is 35.5. The summed E-state index contributed by atoms with van der Waals surface area (Å²) < 4.78 is 15.0. The Balaban J connectivity index is 2.16. The fraction of sp³-hybridized carbons (Fsp3) is 0.450. The number of rotatable bonds is 10. The summed E-state index contributed by atoms with van der Waals surface area (Å²) in [5, 5.41) is 0.619. The van der Waals surface area contributed by atoms with Gasteiger partial charge < -0.3 is 10.1 Å². The summed E-state index contributed by atoms with van der Waals surface area (Å²) in [6.45, 7) is 3.41. The van der Waals surface area contributed by atoms with Crippen molar-refractivity contribution >= 4 is 40.8 Å². The highest BCUT2D eigenvalue weighted by Gasteiger charge is 2.29. The van der Waals surface area contributed by atoms with Crippen LogP contribution in [0.3, 0.4) is 0 Å². The van der Waals surface area contributed by atoms with Crippen molar-refractivity contribution in [2.24, 2.45) is 17.6 Å². The van der Waals surface area contributed by atoms with E-state index >= 15 is 0 Å². The molecule has 0 saturated heterocycles. The van der Waals surface area contributed by atoms with Gasteiger partial charge in [-0.25, -0.2) is 14.4 Å². The summed E-state index contributed by atoms with van der Waals surface area (Å²) in [6.07, 6.45) is 3.20. The van der Waals surface area contributed by atoms with E-state index in [1.54, 1.807) is 35.0 Å². The van der Waals surface area contributed by atoms with Crippen LogP contribution in [0.1, 0.15) is 43.6 Å². The predicted molar refractivity (Wildman–Crippen MR) is 112 cm³/mol. The number of hydrogen-bond donors (Lipinski definition) is 2. The molecule has 0 aromatic carbocycles. The van der Waals surface area contributed by atoms with Gasteiger partial charge >= 0.3 is 0 Å². The molecule has 0 saturated carbocycles. The number of hydrazine groups is 1. The number of pyridine rings is 1. The number of halogens is 2. The maximum absolute atomic E-state index is 13.3. The molecule has 0 bridgehead atoms. The number of carbonyl (C=O) groups excluding carboxylic acids is 4. The van der Waals surface area contributed by atoms with E-state index in [9.17, 15) is 23.6 Å². The molecule has 0 radical (unpaired) electrons. The SMILES string of the molecule is CC(C)C[C@H](CC(=O)c1cn2ccccc2n1)C(=O)NN(CCC(N)=O)C(=O)[C@H](F)Cl. The molecule has 9 nitrogen and oxygen atoms in total. The van der Waals surface area contributed by atoms with Gasteiger partial charge in [0.1, 0.15) is 11.3 Å². The van der Waals surface area contributed by atoms with Gasteiger partial charge in [-0.1, -0.05) is 31.5 Å². The first-order valence-electron chi connectivity index (χ1n) is 9.73. The number of fused-ring (bicyclic) bond motifs is 1. The number of aromatic nitrogens is 2. The van der Waals surface area contributed by atoms with Crippen molar-refractivity contribution in [1.82, 2.24) is 19.8 Å². The van der Waals surface area contributed by atoms with Crippen molar-refractivity contribution in [2.45, 2.75) is 38.7 Å². The number of nitrogens with one attached hydrogen (secondary N) is 1. The molecule has 2 atom stereocenters. The fourth-order valence-electron chi connectivity index (χ4n) is 3.03. The Bertz CT molecular complexity index is 929. The Labute approximate surface area is 183 Å². The van der Waals surface area contributed by atoms with Gasteiger partial charge in [0.05, 0.1) is 6.54 Å². The van der Waals surface area contributed by atoms with E-state index in [1.165, 1.54) is 0 Å². The van der Waals surface area contributed by atoms with Crippen LogP contribution in [0.25, 0.3) is 5.65 Å². The molecule has 3 N–H and O–H groups in total. The van der Waals surface area contributed by atoms with Gasteiger partial charge in [-0.05, 0) is 24.5 Å². The van der Waals surface area contributed by atoms with E-state index < -0.39 is 29.3 Å². The predicted octanol–water partition coefficient (Wildman–Crippen LogP) is 1.84. The molecule has 2 rings (SSSR count). The lowest BCUT2D eigenvalue weighted by molar-refractivity contribution is -0.145. The molecular weight excluding hydrogens is 429 g/mol. The number of carbonyl (C=O) groups is 4. The van der Waals surface area contributed by atoms with Gasteiger partial charge in [0.25, 0.3) is 11.5 Å². The number of imidazole rings is 1. The molecule has 0 aliphatic rings. The normalized spacial score (nSPS) is 13.1. The van der Waals surface area contributed by atoms with E-state index in [-0.39, 0.29) is 36.8 Å². The lowest BCUT2D eigenvalue weighted by atomic mass is 9.91. The second-order valence-electron chi connectivity index (χ2n) is 7.53. The molecule has 3 amide bonds. The van der Waals surface area contributed by atoms with E-state index in [1.807, 2.05) is 13.8 Å². The second-order valence-corrected chi connectivity index (χ2v) is 7.91. The molecule has 0 spiro atoms. The van der Waals surface area contributed by atoms with Crippen molar-refractivity contribution in [2.75, 3.05) is 6.54 Å². The molecule has 2 heterocycles. The van der Waals surface area contributed by atoms with Crippen LogP contribution < -0.4 is 11.2 Å². The van der Waals surface area contributed by atoms with Crippen LogP contribution in [0.15, 0.2) is 30.6 Å². The number of alkyl halides is 2. The first kappa shape index (κ1) is 24.3. The molecule has 168 valence electrons. The van der Waals surface area contributed by atoms with Crippen LogP contribution in [0, 0.1) is 11.8 Å². The number of nitrogens with two attached hydrogens (primary N) is 1. The van der Waals surface area contributed by atoms with Gasteiger partial charge in [0, 0.05) is 31.2 Å². The molecular formula is C20H25ClFN5O4. The van der Waals surface area contributed by atoms with Crippen LogP contribution in [-0.4, -0.2) is 50.1 Å². The summed E-state index contributed by atoms with van der Waals surface area (Å²) in [6, 6.07) is 5.33. The number of Topliss-reactive ketones (excluding diaryl/α,β-unsaturated/α-hetero) is 1. The first-order chi connectivity index (χ1) is 14.6. The second kappa shape index (κ2) is 10.9. The average molecular weight is 454 g/mol. The molecule has 31 heavy (non-hydrogen) atoms. The Morgan fingerprint density at radius 2 is 2.00 bits per heavy atom. The Kier molecular flexibility index (Phi) is 8.49. The summed E-state index contributed by atoms with van der Waals surface area (Å²) >= 11 is 5.20. The standard InChI is InChI=1S/C20H25ClFN5O4/c1-12(2)9-13(10-15(28)14-11-26-7-4-3-5-17(26)24-14)19(30)25-27(8-6-16(23)29)20(31)18(21)22/h3-5,7,11-13,18H,6,8-10H2,1-2H3,(H2,23,29)(H,25,30)/t13-,18+/m1/s1. The highest BCUT2D eigenvalue weighted by Crippen LogP contribution is 2.19. The van der Waals surface area contributed by atoms with Gasteiger partial charge in [-0.15, -0.1) is 0 Å². The smallest absolute Gasteiger partial charge is 0.291 e. The minimum Gasteiger partial charge on any atom is -0.370 e. The molecule has 0 aliphatic carbocycles. The minimum atomic E-state index is -2.41. The monoisotopic (exact) mass is 453 g/mol. The number of hydrogen-bond acceptors (Lipinski definition) is 5. The van der Waals surface area contributed by atoms with E-state index in [0.717, 1.165) is 0 Å². The average Bonchev–Trinajstić information content (AvgIpc) is 3.13. The summed E-state index contributed by atoms with van der Waals surface area (Å²) in [5.41, 5.74) is 5.74. The van der Waals surface area contributed by atoms with Crippen molar-refractivity contribution in [3.05, 3.63) is 36.3 Å².